The smallest absolute Gasteiger partial charge is 0.264 e. The molecule has 122 valence electrons. The van der Waals surface area contributed by atoms with Crippen LogP contribution in [0.4, 0.5) is 10.1 Å². The molecule has 0 unspecified atom stereocenters. The molecule has 8 heteroatoms. The number of rotatable bonds is 5. The van der Waals surface area contributed by atoms with Crippen LogP contribution in [0, 0.1) is 12.7 Å². The number of nitrogens with zero attached hydrogens (tertiary/aromatic N) is 1. The van der Waals surface area contributed by atoms with Crippen molar-refractivity contribution in [2.24, 2.45) is 5.84 Å². The minimum atomic E-state index is -3.99. The molecule has 0 aliphatic rings. The summed E-state index contributed by atoms with van der Waals surface area (Å²) in [5, 5.41) is 0. The summed E-state index contributed by atoms with van der Waals surface area (Å²) in [4.78, 5) is 11.6. The summed E-state index contributed by atoms with van der Waals surface area (Å²) in [5.41, 5.74) is 2.95. The Morgan fingerprint density at radius 2 is 1.70 bits per heavy atom. The molecule has 23 heavy (non-hydrogen) atoms. The first-order chi connectivity index (χ1) is 10.8. The Kier molecular flexibility index (Phi) is 4.97. The third kappa shape index (κ3) is 3.85. The molecule has 0 aromatic heterocycles. The number of hydrogen-bond acceptors (Lipinski definition) is 4. The molecule has 0 aliphatic carbocycles. The van der Waals surface area contributed by atoms with Gasteiger partial charge in [-0.05, 0) is 43.3 Å². The zero-order valence-corrected chi connectivity index (χ0v) is 13.2. The zero-order valence-electron chi connectivity index (χ0n) is 12.4. The van der Waals surface area contributed by atoms with Crippen LogP contribution in [-0.2, 0) is 14.8 Å². The molecule has 0 saturated heterocycles. The van der Waals surface area contributed by atoms with Gasteiger partial charge in [-0.1, -0.05) is 17.7 Å². The average Bonchev–Trinajstić information content (AvgIpc) is 2.53. The highest BCUT2D eigenvalue weighted by atomic mass is 32.2. The molecule has 1 amide bonds. The third-order valence-electron chi connectivity index (χ3n) is 3.17. The summed E-state index contributed by atoms with van der Waals surface area (Å²) in [6.07, 6.45) is 0. The molecule has 0 saturated carbocycles. The predicted molar refractivity (Wildman–Crippen MR) is 84.4 cm³/mol. The van der Waals surface area contributed by atoms with E-state index in [1.165, 1.54) is 24.3 Å². The molecule has 0 radical (unpaired) electrons. The first-order valence-electron chi connectivity index (χ1n) is 6.69. The van der Waals surface area contributed by atoms with Crippen molar-refractivity contribution < 1.29 is 17.6 Å². The van der Waals surface area contributed by atoms with Gasteiger partial charge in [-0.25, -0.2) is 18.7 Å². The maximum atomic E-state index is 13.1. The summed E-state index contributed by atoms with van der Waals surface area (Å²) < 4.78 is 39.5. The number of hydrazine groups is 1. The Morgan fingerprint density at radius 1 is 1.13 bits per heavy atom. The van der Waals surface area contributed by atoms with Crippen LogP contribution in [-0.4, -0.2) is 20.9 Å². The minimum Gasteiger partial charge on any atom is -0.293 e. The van der Waals surface area contributed by atoms with Crippen molar-refractivity contribution >= 4 is 21.6 Å². The van der Waals surface area contributed by atoms with Crippen LogP contribution in [0.25, 0.3) is 0 Å². The number of anilines is 1. The van der Waals surface area contributed by atoms with E-state index in [0.29, 0.717) is 0 Å². The second kappa shape index (κ2) is 6.76. The number of aryl methyl sites for hydroxylation is 1. The fraction of sp³-hybridized carbons (Fsp3) is 0.133. The largest absolute Gasteiger partial charge is 0.293 e. The van der Waals surface area contributed by atoms with Crippen LogP contribution in [0.1, 0.15) is 5.56 Å². The van der Waals surface area contributed by atoms with Crippen molar-refractivity contribution in [1.82, 2.24) is 5.43 Å². The van der Waals surface area contributed by atoms with Crippen molar-refractivity contribution in [2.75, 3.05) is 10.8 Å². The van der Waals surface area contributed by atoms with Crippen LogP contribution in [0.5, 0.6) is 0 Å². The maximum Gasteiger partial charge on any atom is 0.264 e. The Hall–Kier alpha value is -2.45. The van der Waals surface area contributed by atoms with Gasteiger partial charge in [0, 0.05) is 0 Å². The van der Waals surface area contributed by atoms with Crippen LogP contribution in [0.3, 0.4) is 0 Å². The molecule has 0 bridgehead atoms. The van der Waals surface area contributed by atoms with Crippen LogP contribution in [0.15, 0.2) is 53.4 Å². The third-order valence-corrected chi connectivity index (χ3v) is 4.96. The number of halogens is 1. The standard InChI is InChI=1S/C15H16FN3O3S/c1-11-2-8-14(9-3-11)23(21,22)19(10-15(20)18-17)13-6-4-12(16)5-7-13/h2-9H,10,17H2,1H3,(H,18,20). The van der Waals surface area contributed by atoms with Crippen LogP contribution in [0.2, 0.25) is 0 Å². The van der Waals surface area contributed by atoms with E-state index in [0.717, 1.165) is 22.0 Å². The molecule has 3 N–H and O–H groups in total. The van der Waals surface area contributed by atoms with Crippen molar-refractivity contribution in [3.05, 3.63) is 59.9 Å². The van der Waals surface area contributed by atoms with Gasteiger partial charge in [0.1, 0.15) is 12.4 Å². The molecule has 0 heterocycles. The lowest BCUT2D eigenvalue weighted by atomic mass is 10.2. The number of carbonyl (C=O) groups excluding carboxylic acids is 1. The lowest BCUT2D eigenvalue weighted by Gasteiger charge is -2.23. The number of nitrogens with two attached hydrogens (primary N) is 1. The second-order valence-electron chi connectivity index (χ2n) is 4.87. The lowest BCUT2D eigenvalue weighted by Crippen LogP contribution is -2.43. The number of hydrogen-bond donors (Lipinski definition) is 2. The van der Waals surface area contributed by atoms with Gasteiger partial charge in [-0.2, -0.15) is 0 Å². The first-order valence-corrected chi connectivity index (χ1v) is 8.13. The molecule has 0 fully saturated rings. The highest BCUT2D eigenvalue weighted by Crippen LogP contribution is 2.24. The topological polar surface area (TPSA) is 92.5 Å². The van der Waals surface area contributed by atoms with E-state index in [4.69, 9.17) is 5.84 Å². The highest BCUT2D eigenvalue weighted by molar-refractivity contribution is 7.92. The van der Waals surface area contributed by atoms with Gasteiger partial charge in [0.15, 0.2) is 0 Å². The van der Waals surface area contributed by atoms with Gasteiger partial charge in [-0.3, -0.25) is 14.5 Å². The quantitative estimate of drug-likeness (QED) is 0.489. The molecule has 2 aromatic rings. The van der Waals surface area contributed by atoms with Crippen molar-refractivity contribution in [2.45, 2.75) is 11.8 Å². The zero-order chi connectivity index (χ0) is 17.0. The summed E-state index contributed by atoms with van der Waals surface area (Å²) >= 11 is 0. The Balaban J connectivity index is 2.49. The summed E-state index contributed by atoms with van der Waals surface area (Å²) in [6, 6.07) is 11.0. The van der Waals surface area contributed by atoms with Crippen molar-refractivity contribution in [1.29, 1.82) is 0 Å². The number of sulfonamides is 1. The lowest BCUT2D eigenvalue weighted by molar-refractivity contribution is -0.119. The van der Waals surface area contributed by atoms with Gasteiger partial charge in [0.2, 0.25) is 0 Å². The van der Waals surface area contributed by atoms with Gasteiger partial charge in [-0.15, -0.1) is 0 Å². The summed E-state index contributed by atoms with van der Waals surface area (Å²) in [6.45, 7) is 1.31. The highest BCUT2D eigenvalue weighted by Gasteiger charge is 2.26. The van der Waals surface area contributed by atoms with E-state index < -0.39 is 28.3 Å². The van der Waals surface area contributed by atoms with Crippen LogP contribution >= 0.6 is 0 Å². The van der Waals surface area contributed by atoms with Crippen molar-refractivity contribution in [3.63, 3.8) is 0 Å². The molecule has 6 nitrogen and oxygen atoms in total. The normalized spacial score (nSPS) is 11.1. The van der Waals surface area contributed by atoms with E-state index in [2.05, 4.69) is 0 Å². The number of carbonyl (C=O) groups is 1. The predicted octanol–water partition coefficient (Wildman–Crippen LogP) is 1.32. The van der Waals surface area contributed by atoms with Crippen molar-refractivity contribution in [3.8, 4) is 0 Å². The molecule has 2 rings (SSSR count). The van der Waals surface area contributed by atoms with Gasteiger partial charge in [0.25, 0.3) is 15.9 Å². The average molecular weight is 337 g/mol. The van der Waals surface area contributed by atoms with Gasteiger partial charge < -0.3 is 0 Å². The van der Waals surface area contributed by atoms with E-state index in [-0.39, 0.29) is 10.6 Å². The fourth-order valence-corrected chi connectivity index (χ4v) is 3.36. The van der Waals surface area contributed by atoms with Crippen LogP contribution < -0.4 is 15.6 Å². The van der Waals surface area contributed by atoms with Gasteiger partial charge >= 0.3 is 0 Å². The summed E-state index contributed by atoms with van der Waals surface area (Å²) in [7, 11) is -3.99. The molecule has 0 aliphatic heterocycles. The second-order valence-corrected chi connectivity index (χ2v) is 6.73. The SMILES string of the molecule is Cc1ccc(S(=O)(=O)N(CC(=O)NN)c2ccc(F)cc2)cc1. The van der Waals surface area contributed by atoms with Gasteiger partial charge in [0.05, 0.1) is 10.6 Å². The van der Waals surface area contributed by atoms with E-state index in [1.54, 1.807) is 12.1 Å². The first kappa shape index (κ1) is 16.9. The maximum absolute atomic E-state index is 13.1. The van der Waals surface area contributed by atoms with E-state index in [9.17, 15) is 17.6 Å². The molecular weight excluding hydrogens is 321 g/mol. The monoisotopic (exact) mass is 337 g/mol. The Bertz CT molecular complexity index is 790. The molecular formula is C15H16FN3O3S. The molecule has 0 spiro atoms. The Labute approximate surface area is 133 Å². The molecule has 2 aromatic carbocycles. The Morgan fingerprint density at radius 3 is 2.22 bits per heavy atom. The van der Waals surface area contributed by atoms with E-state index >= 15 is 0 Å². The molecule has 0 atom stereocenters. The number of nitrogens with one attached hydrogen (secondary N) is 1. The van der Waals surface area contributed by atoms with E-state index in [1.807, 2.05) is 12.3 Å². The number of benzene rings is 2. The summed E-state index contributed by atoms with van der Waals surface area (Å²) in [5.74, 6) is 3.84. The number of amides is 1. The fourth-order valence-electron chi connectivity index (χ4n) is 1.94. The minimum absolute atomic E-state index is 0.0252.